The molecule has 98 valence electrons. The molecule has 1 unspecified atom stereocenters. The second-order valence-electron chi connectivity index (χ2n) is 3.61. The minimum Gasteiger partial charge on any atom is -0.480 e. The van der Waals surface area contributed by atoms with E-state index in [0.29, 0.717) is 0 Å². The van der Waals surface area contributed by atoms with Crippen LogP contribution in [0.1, 0.15) is 12.5 Å². The predicted molar refractivity (Wildman–Crippen MR) is 61.3 cm³/mol. The molecule has 0 fully saturated rings. The number of nitro benzene ring substituents is 1. The zero-order chi connectivity index (χ0) is 13.9. The standard InChI is InChI=1S/C10H12FN3O4/c1-5-3-9(18-6(2)10(12)13-15)7(11)4-8(5)14(16)17/h3-4,6,15H,1-2H3,(H2,12,13). The molecule has 0 radical (unpaired) electrons. The van der Waals surface area contributed by atoms with E-state index in [2.05, 4.69) is 5.16 Å². The summed E-state index contributed by atoms with van der Waals surface area (Å²) in [5.41, 5.74) is 5.19. The van der Waals surface area contributed by atoms with Crippen LogP contribution in [0.25, 0.3) is 0 Å². The van der Waals surface area contributed by atoms with E-state index in [1.807, 2.05) is 0 Å². The van der Waals surface area contributed by atoms with Crippen LogP contribution in [0.4, 0.5) is 10.1 Å². The van der Waals surface area contributed by atoms with Gasteiger partial charge in [-0.3, -0.25) is 10.1 Å². The number of oxime groups is 1. The Balaban J connectivity index is 3.05. The summed E-state index contributed by atoms with van der Waals surface area (Å²) < 4.78 is 18.6. The molecule has 0 amide bonds. The van der Waals surface area contributed by atoms with Crippen molar-refractivity contribution < 1.29 is 19.3 Å². The topological polar surface area (TPSA) is 111 Å². The van der Waals surface area contributed by atoms with Gasteiger partial charge in [0.15, 0.2) is 23.5 Å². The van der Waals surface area contributed by atoms with Crippen molar-refractivity contribution in [2.24, 2.45) is 10.9 Å². The van der Waals surface area contributed by atoms with Crippen LogP contribution < -0.4 is 10.5 Å². The van der Waals surface area contributed by atoms with E-state index in [9.17, 15) is 14.5 Å². The van der Waals surface area contributed by atoms with Crippen molar-refractivity contribution in [3.63, 3.8) is 0 Å². The van der Waals surface area contributed by atoms with Crippen LogP contribution in [0.3, 0.4) is 0 Å². The number of rotatable bonds is 4. The van der Waals surface area contributed by atoms with E-state index in [1.54, 1.807) is 0 Å². The summed E-state index contributed by atoms with van der Waals surface area (Å²) in [6, 6.07) is 1.96. The molecule has 0 spiro atoms. The highest BCUT2D eigenvalue weighted by Gasteiger charge is 2.18. The molecule has 1 atom stereocenters. The fraction of sp³-hybridized carbons (Fsp3) is 0.300. The third-order valence-corrected chi connectivity index (χ3v) is 2.28. The summed E-state index contributed by atoms with van der Waals surface area (Å²) in [6.07, 6.45) is -0.856. The summed E-state index contributed by atoms with van der Waals surface area (Å²) in [4.78, 5) is 9.90. The van der Waals surface area contributed by atoms with E-state index < -0.39 is 16.8 Å². The molecule has 18 heavy (non-hydrogen) atoms. The lowest BCUT2D eigenvalue weighted by molar-refractivity contribution is -0.385. The molecule has 0 saturated heterocycles. The largest absolute Gasteiger partial charge is 0.480 e. The number of benzene rings is 1. The SMILES string of the molecule is Cc1cc(OC(C)/C(N)=N/O)c(F)cc1[N+](=O)[O-]. The molecule has 0 aromatic heterocycles. The molecule has 1 aromatic rings. The van der Waals surface area contributed by atoms with Crippen molar-refractivity contribution in [3.05, 3.63) is 33.6 Å². The maximum atomic E-state index is 13.5. The fourth-order valence-electron chi connectivity index (χ4n) is 1.26. The number of amidine groups is 1. The summed E-state index contributed by atoms with van der Waals surface area (Å²) >= 11 is 0. The highest BCUT2D eigenvalue weighted by molar-refractivity contribution is 5.84. The monoisotopic (exact) mass is 257 g/mol. The Hall–Kier alpha value is -2.38. The first-order valence-corrected chi connectivity index (χ1v) is 4.95. The number of ether oxygens (including phenoxy) is 1. The van der Waals surface area contributed by atoms with Crippen molar-refractivity contribution in [1.82, 2.24) is 0 Å². The van der Waals surface area contributed by atoms with Crippen LogP contribution >= 0.6 is 0 Å². The quantitative estimate of drug-likeness (QED) is 0.279. The maximum Gasteiger partial charge on any atom is 0.275 e. The van der Waals surface area contributed by atoms with E-state index in [-0.39, 0.29) is 22.8 Å². The van der Waals surface area contributed by atoms with Crippen LogP contribution in [0, 0.1) is 22.9 Å². The minimum absolute atomic E-state index is 0.197. The van der Waals surface area contributed by atoms with Crippen LogP contribution in [0.2, 0.25) is 0 Å². The molecule has 0 aliphatic rings. The molecule has 0 saturated carbocycles. The summed E-state index contributed by atoms with van der Waals surface area (Å²) in [6.45, 7) is 2.91. The van der Waals surface area contributed by atoms with Gasteiger partial charge < -0.3 is 15.7 Å². The molecular weight excluding hydrogens is 245 g/mol. The predicted octanol–water partition coefficient (Wildman–Crippen LogP) is 1.56. The van der Waals surface area contributed by atoms with Gasteiger partial charge in [0, 0.05) is 5.56 Å². The Bertz CT molecular complexity index is 504. The lowest BCUT2D eigenvalue weighted by Gasteiger charge is -2.14. The first-order valence-electron chi connectivity index (χ1n) is 4.95. The number of nitro groups is 1. The minimum atomic E-state index is -0.884. The van der Waals surface area contributed by atoms with Crippen molar-refractivity contribution in [3.8, 4) is 5.75 Å². The Morgan fingerprint density at radius 3 is 2.78 bits per heavy atom. The maximum absolute atomic E-state index is 13.5. The normalized spacial score (nSPS) is 13.2. The number of hydrogen-bond donors (Lipinski definition) is 2. The Morgan fingerprint density at radius 1 is 1.67 bits per heavy atom. The van der Waals surface area contributed by atoms with E-state index in [4.69, 9.17) is 15.7 Å². The third-order valence-electron chi connectivity index (χ3n) is 2.28. The van der Waals surface area contributed by atoms with Gasteiger partial charge in [0.25, 0.3) is 5.69 Å². The molecular formula is C10H12FN3O4. The molecule has 0 heterocycles. The van der Waals surface area contributed by atoms with E-state index in [1.165, 1.54) is 19.9 Å². The number of aryl methyl sites for hydroxylation is 1. The number of halogens is 1. The van der Waals surface area contributed by atoms with Crippen LogP contribution in [-0.4, -0.2) is 22.1 Å². The Labute approximate surface area is 102 Å². The van der Waals surface area contributed by atoms with Gasteiger partial charge in [-0.05, 0) is 19.9 Å². The first kappa shape index (κ1) is 13.7. The van der Waals surface area contributed by atoms with E-state index in [0.717, 1.165) is 6.07 Å². The average molecular weight is 257 g/mol. The lowest BCUT2D eigenvalue weighted by Crippen LogP contribution is -2.31. The molecule has 7 nitrogen and oxygen atoms in total. The Morgan fingerprint density at radius 2 is 2.28 bits per heavy atom. The van der Waals surface area contributed by atoms with Crippen LogP contribution in [0.5, 0.6) is 5.75 Å². The summed E-state index contributed by atoms with van der Waals surface area (Å²) in [5.74, 6) is -1.31. The van der Waals surface area contributed by atoms with Gasteiger partial charge in [-0.25, -0.2) is 4.39 Å². The number of hydrogen-bond acceptors (Lipinski definition) is 5. The second kappa shape index (κ2) is 5.30. The van der Waals surface area contributed by atoms with Gasteiger partial charge in [-0.15, -0.1) is 0 Å². The highest BCUT2D eigenvalue weighted by Crippen LogP contribution is 2.27. The van der Waals surface area contributed by atoms with Gasteiger partial charge in [0.1, 0.15) is 0 Å². The second-order valence-corrected chi connectivity index (χ2v) is 3.61. The van der Waals surface area contributed by atoms with Gasteiger partial charge in [0.2, 0.25) is 0 Å². The molecule has 1 rings (SSSR count). The Kier molecular flexibility index (Phi) is 4.03. The average Bonchev–Trinajstić information content (AvgIpc) is 2.31. The molecule has 0 bridgehead atoms. The van der Waals surface area contributed by atoms with Gasteiger partial charge in [-0.2, -0.15) is 0 Å². The van der Waals surface area contributed by atoms with Gasteiger partial charge in [0.05, 0.1) is 11.0 Å². The molecule has 8 heteroatoms. The van der Waals surface area contributed by atoms with E-state index >= 15 is 0 Å². The van der Waals surface area contributed by atoms with Crippen molar-refractivity contribution in [1.29, 1.82) is 0 Å². The molecule has 3 N–H and O–H groups in total. The zero-order valence-corrected chi connectivity index (χ0v) is 9.75. The van der Waals surface area contributed by atoms with Crippen LogP contribution in [-0.2, 0) is 0 Å². The molecule has 0 aliphatic heterocycles. The van der Waals surface area contributed by atoms with Crippen LogP contribution in [0.15, 0.2) is 17.3 Å². The van der Waals surface area contributed by atoms with Crippen molar-refractivity contribution >= 4 is 11.5 Å². The number of nitrogens with two attached hydrogens (primary N) is 1. The third kappa shape index (κ3) is 2.84. The smallest absolute Gasteiger partial charge is 0.275 e. The molecule has 0 aliphatic carbocycles. The van der Waals surface area contributed by atoms with Gasteiger partial charge >= 0.3 is 0 Å². The summed E-state index contributed by atoms with van der Waals surface area (Å²) in [5, 5.41) is 21.7. The highest BCUT2D eigenvalue weighted by atomic mass is 19.1. The zero-order valence-electron chi connectivity index (χ0n) is 9.75. The number of nitrogens with zero attached hydrogens (tertiary/aromatic N) is 2. The van der Waals surface area contributed by atoms with Crippen molar-refractivity contribution in [2.45, 2.75) is 20.0 Å². The first-order chi connectivity index (χ1) is 8.36. The fourth-order valence-corrected chi connectivity index (χ4v) is 1.26. The van der Waals surface area contributed by atoms with Gasteiger partial charge in [-0.1, -0.05) is 5.16 Å². The molecule has 1 aromatic carbocycles. The van der Waals surface area contributed by atoms with Crippen molar-refractivity contribution in [2.75, 3.05) is 0 Å². The lowest BCUT2D eigenvalue weighted by atomic mass is 10.2. The summed E-state index contributed by atoms with van der Waals surface area (Å²) in [7, 11) is 0.